The number of hydrogen-bond donors (Lipinski definition) is 1. The van der Waals surface area contributed by atoms with Gasteiger partial charge in [0.1, 0.15) is 17.7 Å². The Kier molecular flexibility index (Phi) is 3.61. The molecule has 0 spiro atoms. The van der Waals surface area contributed by atoms with Crippen LogP contribution in [-0.4, -0.2) is 35.1 Å². The number of aryl methyl sites for hydroxylation is 1. The van der Waals surface area contributed by atoms with Gasteiger partial charge >= 0.3 is 0 Å². The Morgan fingerprint density at radius 2 is 1.96 bits per heavy atom. The van der Waals surface area contributed by atoms with Crippen molar-refractivity contribution < 1.29 is 4.79 Å². The van der Waals surface area contributed by atoms with Crippen molar-refractivity contribution in [3.63, 3.8) is 0 Å². The molecule has 0 fully saturated rings. The summed E-state index contributed by atoms with van der Waals surface area (Å²) in [5.41, 5.74) is 4.93. The number of benzene rings is 1. The van der Waals surface area contributed by atoms with Crippen molar-refractivity contribution in [1.82, 2.24) is 29.2 Å². The van der Waals surface area contributed by atoms with Gasteiger partial charge in [-0.3, -0.25) is 9.20 Å². The molecule has 0 saturated carbocycles. The van der Waals surface area contributed by atoms with Gasteiger partial charge in [-0.25, -0.2) is 4.98 Å². The van der Waals surface area contributed by atoms with E-state index in [0.717, 1.165) is 16.9 Å². The van der Waals surface area contributed by atoms with Crippen LogP contribution in [0.3, 0.4) is 0 Å². The monoisotopic (exact) mass is 369 g/mol. The van der Waals surface area contributed by atoms with Gasteiger partial charge in [0.05, 0.1) is 11.4 Å². The van der Waals surface area contributed by atoms with Crippen molar-refractivity contribution in [3.05, 3.63) is 78.5 Å². The zero-order valence-electron chi connectivity index (χ0n) is 14.9. The molecule has 5 aromatic rings. The average Bonchev–Trinajstić information content (AvgIpc) is 3.30. The lowest BCUT2D eigenvalue weighted by molar-refractivity contribution is 0.102. The van der Waals surface area contributed by atoms with Crippen molar-refractivity contribution in [2.75, 3.05) is 5.32 Å². The second-order valence-electron chi connectivity index (χ2n) is 6.36. The van der Waals surface area contributed by atoms with Crippen LogP contribution < -0.4 is 5.32 Å². The molecule has 0 saturated heterocycles. The van der Waals surface area contributed by atoms with Gasteiger partial charge < -0.3 is 5.32 Å². The molecule has 0 aliphatic rings. The van der Waals surface area contributed by atoms with Crippen LogP contribution in [0.25, 0.3) is 22.6 Å². The SMILES string of the molecule is Cc1nc2ccccn2c1C(=O)Nc1cccc(-c2ccc3nncn3n2)c1. The standard InChI is InChI=1S/C20H15N7O/c1-13-19(26-10-3-2-7-17(26)22-13)20(28)23-15-6-4-5-14(11-15)16-8-9-18-24-21-12-27(18)25-16/h2-12H,1H3,(H,23,28). The van der Waals surface area contributed by atoms with E-state index in [1.54, 1.807) is 15.2 Å². The average molecular weight is 369 g/mol. The van der Waals surface area contributed by atoms with Gasteiger partial charge in [0, 0.05) is 17.4 Å². The molecule has 28 heavy (non-hydrogen) atoms. The molecule has 0 unspecified atom stereocenters. The van der Waals surface area contributed by atoms with Crippen molar-refractivity contribution in [2.24, 2.45) is 0 Å². The van der Waals surface area contributed by atoms with Gasteiger partial charge in [0.25, 0.3) is 5.91 Å². The third kappa shape index (κ3) is 2.67. The molecule has 1 aromatic carbocycles. The highest BCUT2D eigenvalue weighted by atomic mass is 16.2. The van der Waals surface area contributed by atoms with Gasteiger partial charge in [0.2, 0.25) is 0 Å². The molecular weight excluding hydrogens is 354 g/mol. The van der Waals surface area contributed by atoms with E-state index in [4.69, 9.17) is 0 Å². The number of aromatic nitrogens is 6. The Morgan fingerprint density at radius 1 is 1.04 bits per heavy atom. The summed E-state index contributed by atoms with van der Waals surface area (Å²) >= 11 is 0. The Balaban J connectivity index is 1.48. The number of fused-ring (bicyclic) bond motifs is 2. The maximum atomic E-state index is 12.9. The molecule has 5 rings (SSSR count). The van der Waals surface area contributed by atoms with Crippen LogP contribution in [0.4, 0.5) is 5.69 Å². The second-order valence-corrected chi connectivity index (χ2v) is 6.36. The Morgan fingerprint density at radius 3 is 2.89 bits per heavy atom. The minimum absolute atomic E-state index is 0.212. The Bertz CT molecular complexity index is 1330. The van der Waals surface area contributed by atoms with E-state index in [1.807, 2.05) is 67.7 Å². The summed E-state index contributed by atoms with van der Waals surface area (Å²) in [5, 5.41) is 15.3. The summed E-state index contributed by atoms with van der Waals surface area (Å²) in [5.74, 6) is -0.212. The van der Waals surface area contributed by atoms with Gasteiger partial charge in [-0.05, 0) is 43.3 Å². The van der Waals surface area contributed by atoms with Crippen LogP contribution in [-0.2, 0) is 0 Å². The number of anilines is 1. The highest BCUT2D eigenvalue weighted by Gasteiger charge is 2.16. The third-order valence-electron chi connectivity index (χ3n) is 4.50. The van der Waals surface area contributed by atoms with Crippen molar-refractivity contribution in [3.8, 4) is 11.3 Å². The van der Waals surface area contributed by atoms with Crippen LogP contribution in [0.1, 0.15) is 16.2 Å². The molecule has 0 atom stereocenters. The van der Waals surface area contributed by atoms with Crippen molar-refractivity contribution >= 4 is 22.9 Å². The molecule has 4 heterocycles. The first-order valence-corrected chi connectivity index (χ1v) is 8.71. The summed E-state index contributed by atoms with van der Waals surface area (Å²) < 4.78 is 3.40. The largest absolute Gasteiger partial charge is 0.321 e. The minimum Gasteiger partial charge on any atom is -0.321 e. The number of hydrogen-bond acceptors (Lipinski definition) is 5. The lowest BCUT2D eigenvalue weighted by Gasteiger charge is -2.08. The van der Waals surface area contributed by atoms with Gasteiger partial charge in [-0.15, -0.1) is 10.2 Å². The Hall–Kier alpha value is -4.07. The highest BCUT2D eigenvalue weighted by Crippen LogP contribution is 2.22. The summed E-state index contributed by atoms with van der Waals surface area (Å²) in [4.78, 5) is 17.3. The maximum absolute atomic E-state index is 12.9. The fraction of sp³-hybridized carbons (Fsp3) is 0.0500. The number of pyridine rings is 1. The van der Waals surface area contributed by atoms with Crippen molar-refractivity contribution in [2.45, 2.75) is 6.92 Å². The smallest absolute Gasteiger partial charge is 0.274 e. The molecule has 8 heteroatoms. The zero-order chi connectivity index (χ0) is 19.1. The first-order chi connectivity index (χ1) is 13.7. The molecule has 0 aliphatic carbocycles. The normalized spacial score (nSPS) is 11.2. The summed E-state index contributed by atoms with van der Waals surface area (Å²) in [7, 11) is 0. The van der Waals surface area contributed by atoms with Crippen molar-refractivity contribution in [1.29, 1.82) is 0 Å². The number of amides is 1. The number of imidazole rings is 1. The van der Waals surface area contributed by atoms with Crippen LogP contribution >= 0.6 is 0 Å². The maximum Gasteiger partial charge on any atom is 0.274 e. The number of carbonyl (C=O) groups excluding carboxylic acids is 1. The van der Waals surface area contributed by atoms with Crippen LogP contribution in [0.15, 0.2) is 67.1 Å². The molecule has 8 nitrogen and oxygen atoms in total. The number of nitrogens with zero attached hydrogens (tertiary/aromatic N) is 6. The highest BCUT2D eigenvalue weighted by molar-refractivity contribution is 6.04. The molecule has 136 valence electrons. The first-order valence-electron chi connectivity index (χ1n) is 8.71. The molecular formula is C20H15N7O. The fourth-order valence-corrected chi connectivity index (χ4v) is 3.22. The van der Waals surface area contributed by atoms with Crippen LogP contribution in [0.2, 0.25) is 0 Å². The van der Waals surface area contributed by atoms with Crippen LogP contribution in [0.5, 0.6) is 0 Å². The predicted octanol–water partition coefficient (Wildman–Crippen LogP) is 3.00. The number of rotatable bonds is 3. The van der Waals surface area contributed by atoms with Gasteiger partial charge in [-0.1, -0.05) is 18.2 Å². The van der Waals surface area contributed by atoms with Crippen LogP contribution in [0, 0.1) is 6.92 Å². The first kappa shape index (κ1) is 16.1. The Labute approximate surface area is 159 Å². The summed E-state index contributed by atoms with van der Waals surface area (Å²) in [6, 6.07) is 16.9. The van der Waals surface area contributed by atoms with E-state index < -0.39 is 0 Å². The zero-order valence-corrected chi connectivity index (χ0v) is 14.9. The summed E-state index contributed by atoms with van der Waals surface area (Å²) in [6.45, 7) is 1.83. The fourth-order valence-electron chi connectivity index (χ4n) is 3.22. The second kappa shape index (κ2) is 6.27. The number of carbonyl (C=O) groups is 1. The number of nitrogens with one attached hydrogen (secondary N) is 1. The lowest BCUT2D eigenvalue weighted by Crippen LogP contribution is -2.15. The van der Waals surface area contributed by atoms with E-state index >= 15 is 0 Å². The third-order valence-corrected chi connectivity index (χ3v) is 4.50. The molecule has 0 bridgehead atoms. The molecule has 0 aliphatic heterocycles. The topological polar surface area (TPSA) is 89.5 Å². The predicted molar refractivity (Wildman–Crippen MR) is 104 cm³/mol. The van der Waals surface area contributed by atoms with E-state index in [0.29, 0.717) is 22.7 Å². The lowest BCUT2D eigenvalue weighted by atomic mass is 10.1. The molecule has 4 aromatic heterocycles. The van der Waals surface area contributed by atoms with E-state index in [1.165, 1.54) is 0 Å². The van der Waals surface area contributed by atoms with E-state index in [9.17, 15) is 4.79 Å². The van der Waals surface area contributed by atoms with Gasteiger partial charge in [-0.2, -0.15) is 9.61 Å². The van der Waals surface area contributed by atoms with E-state index in [-0.39, 0.29) is 5.91 Å². The molecule has 0 radical (unpaired) electrons. The quantitative estimate of drug-likeness (QED) is 0.528. The van der Waals surface area contributed by atoms with E-state index in [2.05, 4.69) is 25.6 Å². The van der Waals surface area contributed by atoms with Gasteiger partial charge in [0.15, 0.2) is 5.65 Å². The molecule has 1 N–H and O–H groups in total. The molecule has 1 amide bonds. The minimum atomic E-state index is -0.212. The summed E-state index contributed by atoms with van der Waals surface area (Å²) in [6.07, 6.45) is 3.39.